The number of hydrogen-bond donors (Lipinski definition) is 0. The van der Waals surface area contributed by atoms with Crippen LogP contribution < -0.4 is 0 Å². The first-order valence-corrected chi connectivity index (χ1v) is 6.77. The van der Waals surface area contributed by atoms with Crippen molar-refractivity contribution in [3.8, 4) is 22.5 Å². The second kappa shape index (κ2) is 6.15. The minimum atomic E-state index is -4.87. The Morgan fingerprint density at radius 1 is 0.800 bits per heavy atom. The van der Waals surface area contributed by atoms with E-state index in [1.54, 1.807) is 0 Å². The van der Waals surface area contributed by atoms with Crippen LogP contribution in [0.5, 0.6) is 0 Å². The van der Waals surface area contributed by atoms with Crippen molar-refractivity contribution in [3.05, 3.63) is 65.7 Å². The SMILES string of the molecule is Fc1cnc(-c2cc(-c3ccc(F)c(C(F)(F)F)c3)cnn2)c(F)c1. The van der Waals surface area contributed by atoms with E-state index >= 15 is 0 Å². The maximum atomic E-state index is 13.8. The van der Waals surface area contributed by atoms with Crippen LogP contribution in [-0.4, -0.2) is 15.2 Å². The van der Waals surface area contributed by atoms with Gasteiger partial charge in [-0.1, -0.05) is 6.07 Å². The zero-order valence-corrected chi connectivity index (χ0v) is 12.2. The van der Waals surface area contributed by atoms with Gasteiger partial charge in [0.05, 0.1) is 18.0 Å². The van der Waals surface area contributed by atoms with E-state index in [1.165, 1.54) is 6.07 Å². The molecule has 0 unspecified atom stereocenters. The average Bonchev–Trinajstić information content (AvgIpc) is 2.54. The first-order valence-electron chi connectivity index (χ1n) is 6.77. The molecule has 9 heteroatoms. The zero-order valence-electron chi connectivity index (χ0n) is 12.2. The number of rotatable bonds is 2. The van der Waals surface area contributed by atoms with Gasteiger partial charge in [-0.05, 0) is 23.8 Å². The molecule has 3 aromatic rings. The Kier molecular flexibility index (Phi) is 4.15. The van der Waals surface area contributed by atoms with E-state index in [9.17, 15) is 26.3 Å². The van der Waals surface area contributed by atoms with Gasteiger partial charge in [0.25, 0.3) is 0 Å². The largest absolute Gasteiger partial charge is 0.419 e. The molecule has 3 nitrogen and oxygen atoms in total. The molecule has 2 heterocycles. The Morgan fingerprint density at radius 2 is 1.56 bits per heavy atom. The summed E-state index contributed by atoms with van der Waals surface area (Å²) in [6.07, 6.45) is -2.96. The van der Waals surface area contributed by atoms with Crippen molar-refractivity contribution < 1.29 is 26.3 Å². The van der Waals surface area contributed by atoms with E-state index in [4.69, 9.17) is 0 Å². The quantitative estimate of drug-likeness (QED) is 0.629. The van der Waals surface area contributed by atoms with E-state index < -0.39 is 29.2 Å². The van der Waals surface area contributed by atoms with Crippen molar-refractivity contribution in [1.29, 1.82) is 0 Å². The fourth-order valence-corrected chi connectivity index (χ4v) is 2.17. The highest BCUT2D eigenvalue weighted by Gasteiger charge is 2.34. The van der Waals surface area contributed by atoms with E-state index in [2.05, 4.69) is 15.2 Å². The van der Waals surface area contributed by atoms with Crippen LogP contribution in [0.25, 0.3) is 22.5 Å². The van der Waals surface area contributed by atoms with Crippen LogP contribution in [-0.2, 0) is 6.18 Å². The van der Waals surface area contributed by atoms with Gasteiger partial charge in [-0.3, -0.25) is 0 Å². The smallest absolute Gasteiger partial charge is 0.248 e. The number of halogens is 6. The lowest BCUT2D eigenvalue weighted by molar-refractivity contribution is -0.139. The molecule has 128 valence electrons. The summed E-state index contributed by atoms with van der Waals surface area (Å²) in [6.45, 7) is 0. The third-order valence-corrected chi connectivity index (χ3v) is 3.31. The van der Waals surface area contributed by atoms with Gasteiger partial charge < -0.3 is 0 Å². The van der Waals surface area contributed by atoms with Crippen molar-refractivity contribution in [2.24, 2.45) is 0 Å². The molecule has 0 aliphatic heterocycles. The molecule has 0 amide bonds. The summed E-state index contributed by atoms with van der Waals surface area (Å²) in [6, 6.07) is 4.24. The number of hydrogen-bond acceptors (Lipinski definition) is 3. The average molecular weight is 355 g/mol. The van der Waals surface area contributed by atoms with Crippen molar-refractivity contribution >= 4 is 0 Å². The van der Waals surface area contributed by atoms with Crippen LogP contribution in [0.3, 0.4) is 0 Å². The Balaban J connectivity index is 2.08. The summed E-state index contributed by atoms with van der Waals surface area (Å²) in [4.78, 5) is 3.56. The molecular formula is C16H7F6N3. The second-order valence-corrected chi connectivity index (χ2v) is 5.01. The minimum Gasteiger partial charge on any atom is -0.248 e. The van der Waals surface area contributed by atoms with Crippen LogP contribution in [0.4, 0.5) is 26.3 Å². The van der Waals surface area contributed by atoms with Gasteiger partial charge in [-0.25, -0.2) is 18.2 Å². The third-order valence-electron chi connectivity index (χ3n) is 3.31. The normalized spacial score (nSPS) is 11.6. The minimum absolute atomic E-state index is 0.00685. The van der Waals surface area contributed by atoms with Gasteiger partial charge in [0.1, 0.15) is 23.0 Å². The van der Waals surface area contributed by atoms with Crippen LogP contribution in [0.15, 0.2) is 42.7 Å². The molecule has 3 rings (SSSR count). The molecule has 0 radical (unpaired) electrons. The lowest BCUT2D eigenvalue weighted by atomic mass is 10.0. The van der Waals surface area contributed by atoms with E-state index in [1.807, 2.05) is 0 Å². The Hall–Kier alpha value is -2.97. The third kappa shape index (κ3) is 3.44. The molecular weight excluding hydrogens is 348 g/mol. The van der Waals surface area contributed by atoms with Gasteiger partial charge in [-0.15, -0.1) is 5.10 Å². The van der Waals surface area contributed by atoms with Crippen molar-refractivity contribution in [2.45, 2.75) is 6.18 Å². The maximum absolute atomic E-state index is 13.8. The summed E-state index contributed by atoms with van der Waals surface area (Å²) >= 11 is 0. The molecule has 0 N–H and O–H groups in total. The molecule has 25 heavy (non-hydrogen) atoms. The number of aromatic nitrogens is 3. The summed E-state index contributed by atoms with van der Waals surface area (Å²) in [5, 5.41) is 7.23. The molecule has 0 atom stereocenters. The lowest BCUT2D eigenvalue weighted by Crippen LogP contribution is -2.08. The molecule has 0 saturated heterocycles. The number of nitrogens with zero attached hydrogens (tertiary/aromatic N) is 3. The molecule has 0 aliphatic carbocycles. The van der Waals surface area contributed by atoms with E-state index in [0.29, 0.717) is 18.2 Å². The summed E-state index contributed by atoms with van der Waals surface area (Å²) < 4.78 is 78.5. The molecule has 0 bridgehead atoms. The number of benzene rings is 1. The molecule has 0 saturated carbocycles. The monoisotopic (exact) mass is 355 g/mol. The molecule has 0 spiro atoms. The molecule has 2 aromatic heterocycles. The van der Waals surface area contributed by atoms with Gasteiger partial charge in [0.15, 0.2) is 5.82 Å². The highest BCUT2D eigenvalue weighted by atomic mass is 19.4. The predicted molar refractivity (Wildman–Crippen MR) is 75.6 cm³/mol. The fourth-order valence-electron chi connectivity index (χ4n) is 2.17. The lowest BCUT2D eigenvalue weighted by Gasteiger charge is -2.10. The number of pyridine rings is 1. The summed E-state index contributed by atoms with van der Waals surface area (Å²) in [5.41, 5.74) is -1.70. The Bertz CT molecular complexity index is 939. The summed E-state index contributed by atoms with van der Waals surface area (Å²) in [5.74, 6) is -3.30. The first-order chi connectivity index (χ1) is 11.8. The van der Waals surface area contributed by atoms with Gasteiger partial charge >= 0.3 is 6.18 Å². The zero-order chi connectivity index (χ0) is 18.2. The maximum Gasteiger partial charge on any atom is 0.419 e. The van der Waals surface area contributed by atoms with E-state index in [0.717, 1.165) is 18.5 Å². The highest BCUT2D eigenvalue weighted by Crippen LogP contribution is 2.34. The van der Waals surface area contributed by atoms with Gasteiger partial charge in [-0.2, -0.15) is 18.3 Å². The fraction of sp³-hybridized carbons (Fsp3) is 0.0625. The van der Waals surface area contributed by atoms with Crippen LogP contribution in [0.2, 0.25) is 0 Å². The van der Waals surface area contributed by atoms with Crippen LogP contribution >= 0.6 is 0 Å². The Morgan fingerprint density at radius 3 is 2.24 bits per heavy atom. The Labute approximate surface area is 137 Å². The molecule has 1 aromatic carbocycles. The van der Waals surface area contributed by atoms with Gasteiger partial charge in [0.2, 0.25) is 0 Å². The second-order valence-electron chi connectivity index (χ2n) is 5.01. The standard InChI is InChI=1S/C16H7F6N3/c17-10-5-13(19)15(23-7-10)14-4-9(6-24-25-14)8-1-2-12(18)11(3-8)16(20,21)22/h1-7H. The van der Waals surface area contributed by atoms with Crippen molar-refractivity contribution in [3.63, 3.8) is 0 Å². The number of alkyl halides is 3. The van der Waals surface area contributed by atoms with Gasteiger partial charge in [0, 0.05) is 11.6 Å². The van der Waals surface area contributed by atoms with Crippen molar-refractivity contribution in [2.75, 3.05) is 0 Å². The summed E-state index contributed by atoms with van der Waals surface area (Å²) in [7, 11) is 0. The first kappa shape index (κ1) is 16.9. The molecule has 0 fully saturated rings. The van der Waals surface area contributed by atoms with Crippen LogP contribution in [0, 0.1) is 17.5 Å². The van der Waals surface area contributed by atoms with Crippen LogP contribution in [0.1, 0.15) is 5.56 Å². The highest BCUT2D eigenvalue weighted by molar-refractivity contribution is 5.68. The van der Waals surface area contributed by atoms with Crippen molar-refractivity contribution in [1.82, 2.24) is 15.2 Å². The molecule has 0 aliphatic rings. The predicted octanol–water partition coefficient (Wildman–Crippen LogP) is 4.64. The topological polar surface area (TPSA) is 38.7 Å². The van der Waals surface area contributed by atoms with E-state index in [-0.39, 0.29) is 22.5 Å².